The van der Waals surface area contributed by atoms with Gasteiger partial charge in [0.25, 0.3) is 0 Å². The number of H-pyrrole nitrogens is 1. The molecule has 1 aromatic heterocycles. The van der Waals surface area contributed by atoms with Gasteiger partial charge in [0, 0.05) is 6.07 Å². The zero-order valence-electron chi connectivity index (χ0n) is 22.1. The molecule has 0 atom stereocenters. The number of nitrogens with zero attached hydrogens (tertiary/aromatic N) is 1. The first-order valence-electron chi connectivity index (χ1n) is 11.7. The number of rotatable bonds is 10. The summed E-state index contributed by atoms with van der Waals surface area (Å²) in [6.07, 6.45) is 2.14. The average Bonchev–Trinajstić information content (AvgIpc) is 2.92. The predicted molar refractivity (Wildman–Crippen MR) is 144 cm³/mol. The smallest absolute Gasteiger partial charge is 0.192 e. The van der Waals surface area contributed by atoms with E-state index in [1.807, 2.05) is 24.4 Å². The van der Waals surface area contributed by atoms with Crippen molar-refractivity contribution in [1.29, 1.82) is 0 Å². The van der Waals surface area contributed by atoms with Crippen LogP contribution in [-0.4, -0.2) is 44.0 Å². The maximum atomic E-state index is 13.4. The van der Waals surface area contributed by atoms with Crippen LogP contribution < -0.4 is 28.7 Å². The second-order valence-corrected chi connectivity index (χ2v) is 10.1. The summed E-state index contributed by atoms with van der Waals surface area (Å²) in [6, 6.07) is 13.6. The molecule has 10 heteroatoms. The van der Waals surface area contributed by atoms with E-state index >= 15 is 0 Å². The summed E-state index contributed by atoms with van der Waals surface area (Å²) in [7, 11) is 3.65. The number of pyridine rings is 1. The minimum atomic E-state index is -4.06. The van der Waals surface area contributed by atoms with Crippen molar-refractivity contribution in [1.82, 2.24) is 0 Å². The number of aromatic amines is 1. The number of hydrogen-bond acceptors (Lipinski definition) is 7. The Kier molecular flexibility index (Phi) is 7.82. The lowest BCUT2D eigenvalue weighted by atomic mass is 10.0. The molecule has 0 spiro atoms. The average molecular weight is 539 g/mol. The Morgan fingerprint density at radius 1 is 0.737 bits per heavy atom. The molecule has 4 rings (SSSR count). The number of aryl methyl sites for hydroxylation is 1. The number of hydrogen-bond donors (Lipinski definition) is 0. The molecule has 1 N–H and O–H groups in total. The third kappa shape index (κ3) is 5.26. The SMILES string of the molecule is COc1ccc(S(=O)(=O)[N-]c2cc(OC)c(OC)cc2Cc2[nH+]ccc3cc(OC)c(OC)cc23)cc1C. The Morgan fingerprint density at radius 3 is 1.97 bits per heavy atom. The van der Waals surface area contributed by atoms with Crippen molar-refractivity contribution in [2.24, 2.45) is 0 Å². The van der Waals surface area contributed by atoms with E-state index in [0.717, 1.165) is 16.5 Å². The van der Waals surface area contributed by atoms with Gasteiger partial charge in [0.1, 0.15) is 15.8 Å². The molecule has 0 saturated heterocycles. The molecule has 0 aliphatic rings. The van der Waals surface area contributed by atoms with Crippen LogP contribution in [0, 0.1) is 6.92 Å². The van der Waals surface area contributed by atoms with Crippen LogP contribution in [0.5, 0.6) is 28.7 Å². The van der Waals surface area contributed by atoms with E-state index in [0.29, 0.717) is 46.3 Å². The van der Waals surface area contributed by atoms with Crippen LogP contribution >= 0.6 is 0 Å². The zero-order valence-corrected chi connectivity index (χ0v) is 22.9. The minimum absolute atomic E-state index is 0.0603. The normalized spacial score (nSPS) is 11.2. The lowest BCUT2D eigenvalue weighted by molar-refractivity contribution is -0.387. The lowest BCUT2D eigenvalue weighted by Gasteiger charge is -2.26. The molecule has 0 aliphatic carbocycles. The van der Waals surface area contributed by atoms with Crippen LogP contribution in [0.15, 0.2) is 59.6 Å². The third-order valence-electron chi connectivity index (χ3n) is 6.24. The summed E-state index contributed by atoms with van der Waals surface area (Å²) >= 11 is 0. The quantitative estimate of drug-likeness (QED) is 0.280. The fraction of sp³-hybridized carbons (Fsp3) is 0.250. The predicted octanol–water partition coefficient (Wildman–Crippen LogP) is 4.99. The molecule has 0 aliphatic heterocycles. The highest BCUT2D eigenvalue weighted by molar-refractivity contribution is 7.94. The largest absolute Gasteiger partial charge is 0.572 e. The van der Waals surface area contributed by atoms with Gasteiger partial charge in [-0.15, -0.1) is 5.69 Å². The van der Waals surface area contributed by atoms with Gasteiger partial charge in [-0.25, -0.2) is 13.4 Å². The van der Waals surface area contributed by atoms with Gasteiger partial charge in [-0.05, 0) is 65.9 Å². The van der Waals surface area contributed by atoms with Crippen molar-refractivity contribution in [2.45, 2.75) is 18.2 Å². The monoisotopic (exact) mass is 538 g/mol. The molecule has 9 nitrogen and oxygen atoms in total. The summed E-state index contributed by atoms with van der Waals surface area (Å²) in [5, 5.41) is 1.82. The molecule has 1 heterocycles. The van der Waals surface area contributed by atoms with Crippen LogP contribution in [0.3, 0.4) is 0 Å². The number of nitrogens with one attached hydrogen (secondary N) is 1. The van der Waals surface area contributed by atoms with Gasteiger partial charge in [0.2, 0.25) is 0 Å². The van der Waals surface area contributed by atoms with Gasteiger partial charge in [-0.1, -0.05) is 0 Å². The zero-order chi connectivity index (χ0) is 27.4. The van der Waals surface area contributed by atoms with Crippen LogP contribution in [-0.2, 0) is 16.4 Å². The number of methoxy groups -OCH3 is 5. The maximum Gasteiger partial charge on any atom is 0.192 e. The van der Waals surface area contributed by atoms with Gasteiger partial charge in [-0.2, -0.15) is 0 Å². The first kappa shape index (κ1) is 26.9. The molecule has 38 heavy (non-hydrogen) atoms. The number of sulfonamides is 1. The van der Waals surface area contributed by atoms with E-state index in [-0.39, 0.29) is 10.6 Å². The highest BCUT2D eigenvalue weighted by Crippen LogP contribution is 2.41. The Bertz CT molecular complexity index is 1590. The van der Waals surface area contributed by atoms with Crippen LogP contribution in [0.4, 0.5) is 5.69 Å². The second kappa shape index (κ2) is 11.1. The number of fused-ring (bicyclic) bond motifs is 1. The molecule has 0 fully saturated rings. The van der Waals surface area contributed by atoms with Crippen molar-refractivity contribution in [3.05, 3.63) is 76.3 Å². The van der Waals surface area contributed by atoms with E-state index in [1.165, 1.54) is 33.5 Å². The summed E-state index contributed by atoms with van der Waals surface area (Å²) < 4.78 is 58.1. The number of aromatic nitrogens is 1. The lowest BCUT2D eigenvalue weighted by Crippen LogP contribution is -2.12. The summed E-state index contributed by atoms with van der Waals surface area (Å²) in [5.74, 6) is 2.60. The second-order valence-electron chi connectivity index (χ2n) is 8.46. The van der Waals surface area contributed by atoms with Crippen molar-refractivity contribution in [3.63, 3.8) is 0 Å². The molecule has 0 amide bonds. The first-order valence-corrected chi connectivity index (χ1v) is 13.1. The van der Waals surface area contributed by atoms with E-state index in [2.05, 4.69) is 9.71 Å². The van der Waals surface area contributed by atoms with Crippen LogP contribution in [0.2, 0.25) is 0 Å². The van der Waals surface area contributed by atoms with Gasteiger partial charge < -0.3 is 28.4 Å². The van der Waals surface area contributed by atoms with Gasteiger partial charge in [-0.3, -0.25) is 0 Å². The topological polar surface area (TPSA) is 109 Å². The third-order valence-corrected chi connectivity index (χ3v) is 7.52. The number of ether oxygens (including phenoxy) is 5. The van der Waals surface area contributed by atoms with Gasteiger partial charge in [0.05, 0.1) is 52.3 Å². The first-order chi connectivity index (χ1) is 18.2. The minimum Gasteiger partial charge on any atom is -0.572 e. The molecular formula is C28H30N2O7S. The molecular weight excluding hydrogens is 508 g/mol. The fourth-order valence-electron chi connectivity index (χ4n) is 4.27. The molecule has 3 aromatic carbocycles. The Labute approximate surface area is 222 Å². The fourth-order valence-corrected chi connectivity index (χ4v) is 5.37. The van der Waals surface area contributed by atoms with Crippen molar-refractivity contribution in [3.8, 4) is 28.7 Å². The van der Waals surface area contributed by atoms with E-state index < -0.39 is 10.0 Å². The summed E-state index contributed by atoms with van der Waals surface area (Å²) in [4.78, 5) is 3.34. The van der Waals surface area contributed by atoms with Crippen molar-refractivity contribution >= 4 is 26.5 Å². The van der Waals surface area contributed by atoms with E-state index in [1.54, 1.807) is 39.3 Å². The van der Waals surface area contributed by atoms with Crippen LogP contribution in [0.1, 0.15) is 16.8 Å². The van der Waals surface area contributed by atoms with Gasteiger partial charge >= 0.3 is 0 Å². The highest BCUT2D eigenvalue weighted by atomic mass is 32.2. The van der Waals surface area contributed by atoms with Crippen molar-refractivity contribution < 1.29 is 37.1 Å². The number of benzene rings is 3. The Hall–Kier alpha value is -4.18. The highest BCUT2D eigenvalue weighted by Gasteiger charge is 2.18. The molecule has 200 valence electrons. The summed E-state index contributed by atoms with van der Waals surface area (Å²) in [5.41, 5.74) is 2.37. The van der Waals surface area contributed by atoms with Gasteiger partial charge in [0.15, 0.2) is 34.9 Å². The van der Waals surface area contributed by atoms with Crippen molar-refractivity contribution in [2.75, 3.05) is 35.5 Å². The maximum absolute atomic E-state index is 13.4. The molecule has 0 unspecified atom stereocenters. The molecule has 4 aromatic rings. The Balaban J connectivity index is 1.82. The van der Waals surface area contributed by atoms with E-state index in [9.17, 15) is 8.42 Å². The molecule has 0 saturated carbocycles. The van der Waals surface area contributed by atoms with Crippen LogP contribution in [0.25, 0.3) is 15.5 Å². The standard InChI is InChI=1S/C28H29N2O7S/c1-17-11-20(7-8-24(17)33-2)38(31,32)30-22-16-28(37-6)26(35-4)14-19(22)12-23-21-15-27(36-5)25(34-3)13-18(21)9-10-29-23/h7-11,13-16H,12H2,1-6H3/q-1/p+1. The molecule has 0 bridgehead atoms. The van der Waals surface area contributed by atoms with E-state index in [4.69, 9.17) is 23.7 Å². The molecule has 0 radical (unpaired) electrons. The summed E-state index contributed by atoms with van der Waals surface area (Å²) in [6.45, 7) is 1.78. The Morgan fingerprint density at radius 2 is 1.34 bits per heavy atom.